The number of H-pyrrole nitrogens is 1. The predicted octanol–water partition coefficient (Wildman–Crippen LogP) is 5.33. The van der Waals surface area contributed by atoms with Crippen LogP contribution in [0, 0.1) is 0 Å². The molecular formula is C36H30N2O7. The van der Waals surface area contributed by atoms with Crippen molar-refractivity contribution < 1.29 is 29.0 Å². The third-order valence-electron chi connectivity index (χ3n) is 7.38. The third-order valence-corrected chi connectivity index (χ3v) is 7.38. The normalized spacial score (nSPS) is 11.5. The van der Waals surface area contributed by atoms with E-state index in [1.165, 1.54) is 6.07 Å². The number of carbonyl (C=O) groups is 4. The monoisotopic (exact) mass is 602 g/mol. The molecule has 4 aromatic carbocycles. The molecule has 9 heteroatoms. The molecule has 45 heavy (non-hydrogen) atoms. The quantitative estimate of drug-likeness (QED) is 0.164. The fraction of sp³-hybridized carbons (Fsp3) is 0.139. The molecule has 0 radical (unpaired) electrons. The van der Waals surface area contributed by atoms with Crippen molar-refractivity contribution in [3.8, 4) is 11.1 Å². The van der Waals surface area contributed by atoms with Crippen LogP contribution in [0.5, 0.6) is 0 Å². The summed E-state index contributed by atoms with van der Waals surface area (Å²) in [4.78, 5) is 66.3. The van der Waals surface area contributed by atoms with Crippen molar-refractivity contribution >= 4 is 34.5 Å². The molecule has 0 spiro atoms. The minimum atomic E-state index is -1.36. The lowest BCUT2D eigenvalue weighted by molar-refractivity contribution is -0.145. The maximum absolute atomic E-state index is 13.6. The Balaban J connectivity index is 1.32. The molecular weight excluding hydrogens is 572 g/mol. The highest BCUT2D eigenvalue weighted by atomic mass is 16.5. The van der Waals surface area contributed by atoms with Gasteiger partial charge in [0.2, 0.25) is 5.43 Å². The van der Waals surface area contributed by atoms with Crippen LogP contribution in [0.15, 0.2) is 114 Å². The van der Waals surface area contributed by atoms with Crippen LogP contribution in [0.3, 0.4) is 0 Å². The highest BCUT2D eigenvalue weighted by Crippen LogP contribution is 2.20. The lowest BCUT2D eigenvalue weighted by Crippen LogP contribution is -2.42. The van der Waals surface area contributed by atoms with E-state index < -0.39 is 34.9 Å². The van der Waals surface area contributed by atoms with Crippen molar-refractivity contribution in [1.29, 1.82) is 0 Å². The largest absolute Gasteiger partial charge is 0.477 e. The van der Waals surface area contributed by atoms with Gasteiger partial charge in [-0.15, -0.1) is 0 Å². The van der Waals surface area contributed by atoms with Gasteiger partial charge in [-0.3, -0.25) is 19.2 Å². The van der Waals surface area contributed by atoms with Crippen LogP contribution in [0.25, 0.3) is 22.0 Å². The number of ether oxygens (including phenoxy) is 1. The highest BCUT2D eigenvalue weighted by Gasteiger charge is 2.24. The smallest absolute Gasteiger partial charge is 0.341 e. The number of hydrogen-bond donors (Lipinski definition) is 3. The van der Waals surface area contributed by atoms with Crippen LogP contribution in [0.1, 0.15) is 44.7 Å². The minimum Gasteiger partial charge on any atom is -0.477 e. The Morgan fingerprint density at radius 3 is 2.16 bits per heavy atom. The number of amides is 1. The zero-order valence-electron chi connectivity index (χ0n) is 24.2. The number of carboxylic acid groups (broad SMARTS) is 1. The SMILES string of the molecule is O=C(CC[C@H](NC(=O)c1ccc(-c2ccccc2)cc1)C(=O)Cc1ccc2[nH]cc(C(=O)O)c(=O)c2c1)OCc1ccccc1. The molecule has 1 atom stereocenters. The summed E-state index contributed by atoms with van der Waals surface area (Å²) >= 11 is 0. The summed E-state index contributed by atoms with van der Waals surface area (Å²) in [6.07, 6.45) is 0.851. The molecule has 0 aliphatic heterocycles. The van der Waals surface area contributed by atoms with Crippen molar-refractivity contribution in [1.82, 2.24) is 10.3 Å². The van der Waals surface area contributed by atoms with E-state index in [2.05, 4.69) is 10.3 Å². The Morgan fingerprint density at radius 1 is 0.800 bits per heavy atom. The first kappa shape index (κ1) is 30.6. The average Bonchev–Trinajstić information content (AvgIpc) is 3.06. The van der Waals surface area contributed by atoms with Gasteiger partial charge in [0.05, 0.1) is 6.04 Å². The number of hydrogen-bond acceptors (Lipinski definition) is 6. The van der Waals surface area contributed by atoms with Gasteiger partial charge in [0, 0.05) is 35.5 Å². The van der Waals surface area contributed by atoms with Gasteiger partial charge in [-0.05, 0) is 52.9 Å². The fourth-order valence-electron chi connectivity index (χ4n) is 4.93. The summed E-state index contributed by atoms with van der Waals surface area (Å²) in [5.41, 5.74) is 2.89. The summed E-state index contributed by atoms with van der Waals surface area (Å²) in [7, 11) is 0. The average molecular weight is 603 g/mol. The van der Waals surface area contributed by atoms with E-state index in [1.54, 1.807) is 24.3 Å². The molecule has 0 aliphatic carbocycles. The van der Waals surface area contributed by atoms with E-state index in [4.69, 9.17) is 4.74 Å². The van der Waals surface area contributed by atoms with Crippen molar-refractivity contribution in [3.05, 3.63) is 142 Å². The van der Waals surface area contributed by atoms with Gasteiger partial charge in [-0.1, -0.05) is 78.9 Å². The maximum Gasteiger partial charge on any atom is 0.341 e. The van der Waals surface area contributed by atoms with E-state index in [9.17, 15) is 29.1 Å². The van der Waals surface area contributed by atoms with Gasteiger partial charge in [0.25, 0.3) is 5.91 Å². The Morgan fingerprint density at radius 2 is 1.47 bits per heavy atom. The third kappa shape index (κ3) is 7.77. The van der Waals surface area contributed by atoms with E-state index in [1.807, 2.05) is 72.8 Å². The van der Waals surface area contributed by atoms with Gasteiger partial charge in [-0.2, -0.15) is 0 Å². The summed E-state index contributed by atoms with van der Waals surface area (Å²) in [6, 6.07) is 29.5. The van der Waals surface area contributed by atoms with Gasteiger partial charge >= 0.3 is 11.9 Å². The second-order valence-electron chi connectivity index (χ2n) is 10.5. The number of Topliss-reactive ketones (excluding diaryl/α,β-unsaturated/α-hetero) is 1. The first-order valence-electron chi connectivity index (χ1n) is 14.3. The summed E-state index contributed by atoms with van der Waals surface area (Å²) in [5.74, 6) is -2.74. The van der Waals surface area contributed by atoms with E-state index >= 15 is 0 Å². The number of aromatic nitrogens is 1. The zero-order valence-corrected chi connectivity index (χ0v) is 24.2. The van der Waals surface area contributed by atoms with Crippen LogP contribution in [-0.2, 0) is 27.4 Å². The lowest BCUT2D eigenvalue weighted by Gasteiger charge is -2.18. The topological polar surface area (TPSA) is 143 Å². The van der Waals surface area contributed by atoms with Gasteiger partial charge in [-0.25, -0.2) is 4.79 Å². The number of rotatable bonds is 12. The Kier molecular flexibility index (Phi) is 9.59. The predicted molar refractivity (Wildman–Crippen MR) is 169 cm³/mol. The van der Waals surface area contributed by atoms with Crippen LogP contribution < -0.4 is 10.7 Å². The number of nitrogens with one attached hydrogen (secondary N) is 2. The molecule has 0 saturated carbocycles. The number of benzene rings is 4. The number of carboxylic acids is 1. The van der Waals surface area contributed by atoms with Crippen molar-refractivity contribution in [2.45, 2.75) is 31.9 Å². The molecule has 3 N–H and O–H groups in total. The van der Waals surface area contributed by atoms with Gasteiger partial charge in [0.1, 0.15) is 12.2 Å². The maximum atomic E-state index is 13.6. The number of esters is 1. The van der Waals surface area contributed by atoms with Crippen molar-refractivity contribution in [2.75, 3.05) is 0 Å². The number of aromatic amines is 1. The molecule has 0 bridgehead atoms. The van der Waals surface area contributed by atoms with E-state index in [-0.39, 0.29) is 37.0 Å². The molecule has 0 saturated heterocycles. The zero-order chi connectivity index (χ0) is 31.8. The van der Waals surface area contributed by atoms with Crippen LogP contribution >= 0.6 is 0 Å². The number of fused-ring (bicyclic) bond motifs is 1. The molecule has 9 nitrogen and oxygen atoms in total. The van der Waals surface area contributed by atoms with Gasteiger partial charge in [0.15, 0.2) is 5.78 Å². The molecule has 0 aliphatic rings. The summed E-state index contributed by atoms with van der Waals surface area (Å²) < 4.78 is 5.36. The van der Waals surface area contributed by atoms with E-state index in [0.717, 1.165) is 22.9 Å². The van der Waals surface area contributed by atoms with Crippen LogP contribution in [0.2, 0.25) is 0 Å². The molecule has 5 aromatic rings. The fourth-order valence-corrected chi connectivity index (χ4v) is 4.93. The lowest BCUT2D eigenvalue weighted by atomic mass is 9.98. The first-order chi connectivity index (χ1) is 21.8. The molecule has 226 valence electrons. The minimum absolute atomic E-state index is 0.00236. The molecule has 0 fully saturated rings. The standard InChI is InChI=1S/C36H30N2O7/c39-32(20-24-11-16-30-28(19-24)34(41)29(21-37-30)36(43)44)31(17-18-33(40)45-22-23-7-3-1-4-8-23)38-35(42)27-14-12-26(13-15-27)25-9-5-2-6-10-25/h1-16,19,21,31H,17-18,20,22H2,(H,37,41)(H,38,42)(H,43,44)/t31-/m0/s1. The number of carbonyl (C=O) groups excluding carboxylic acids is 3. The van der Waals surface area contributed by atoms with Gasteiger partial charge < -0.3 is 20.1 Å². The first-order valence-corrected chi connectivity index (χ1v) is 14.3. The molecule has 1 aromatic heterocycles. The molecule has 0 unspecified atom stereocenters. The molecule has 1 heterocycles. The summed E-state index contributed by atoms with van der Waals surface area (Å²) in [6.45, 7) is 0.0857. The second-order valence-corrected chi connectivity index (χ2v) is 10.5. The summed E-state index contributed by atoms with van der Waals surface area (Å²) in [5, 5.41) is 12.2. The Bertz CT molecular complexity index is 1900. The Hall–Kier alpha value is -5.83. The van der Waals surface area contributed by atoms with Crippen molar-refractivity contribution in [2.24, 2.45) is 0 Å². The number of aromatic carboxylic acids is 1. The van der Waals surface area contributed by atoms with Crippen LogP contribution in [0.4, 0.5) is 0 Å². The van der Waals surface area contributed by atoms with Crippen molar-refractivity contribution in [3.63, 3.8) is 0 Å². The highest BCUT2D eigenvalue weighted by molar-refractivity contribution is 5.99. The number of ketones is 1. The van der Waals surface area contributed by atoms with Crippen LogP contribution in [-0.4, -0.2) is 39.8 Å². The molecule has 5 rings (SSSR count). The molecule has 1 amide bonds. The Labute approximate surface area is 258 Å². The number of pyridine rings is 1. The second kappa shape index (κ2) is 14.1. The van der Waals surface area contributed by atoms with E-state index in [0.29, 0.717) is 16.6 Å².